The number of piperazine rings is 1. The molecule has 0 aromatic heterocycles. The van der Waals surface area contributed by atoms with Crippen molar-refractivity contribution < 1.29 is 4.79 Å². The van der Waals surface area contributed by atoms with Gasteiger partial charge in [0.25, 0.3) is 5.91 Å². The van der Waals surface area contributed by atoms with E-state index in [9.17, 15) is 4.79 Å². The maximum atomic E-state index is 12.2. The molecule has 0 aromatic carbocycles. The number of carbonyl (C=O) groups is 1. The van der Waals surface area contributed by atoms with Gasteiger partial charge in [-0.2, -0.15) is 0 Å². The van der Waals surface area contributed by atoms with Crippen molar-refractivity contribution in [2.45, 2.75) is 38.5 Å². The molecular formula is C17H24N2O. The lowest BCUT2D eigenvalue weighted by Gasteiger charge is -2.54. The number of carbonyl (C=O) groups excluding carboxylic acids is 1. The Morgan fingerprint density at radius 1 is 1.00 bits per heavy atom. The third-order valence-electron chi connectivity index (χ3n) is 5.88. The fourth-order valence-electron chi connectivity index (χ4n) is 5.40. The second kappa shape index (κ2) is 4.77. The van der Waals surface area contributed by atoms with E-state index >= 15 is 0 Å². The largest absolute Gasteiger partial charge is 0.329 e. The van der Waals surface area contributed by atoms with Gasteiger partial charge >= 0.3 is 0 Å². The average Bonchev–Trinajstić information content (AvgIpc) is 2.44. The summed E-state index contributed by atoms with van der Waals surface area (Å²) in [7, 11) is 0. The molecule has 0 aromatic rings. The zero-order valence-electron chi connectivity index (χ0n) is 12.2. The Balaban J connectivity index is 1.48. The highest BCUT2D eigenvalue weighted by Crippen LogP contribution is 2.59. The van der Waals surface area contributed by atoms with Crippen LogP contribution in [0.4, 0.5) is 0 Å². The topological polar surface area (TPSA) is 32.3 Å². The minimum atomic E-state index is 0.0576. The molecule has 4 aliphatic carbocycles. The number of nitrogens with zero attached hydrogens (tertiary/aromatic N) is 1. The number of nitrogens with one attached hydrogen (secondary N) is 1. The number of amides is 1. The van der Waals surface area contributed by atoms with Crippen LogP contribution in [-0.4, -0.2) is 37.0 Å². The highest BCUT2D eigenvalue weighted by atomic mass is 16.2. The van der Waals surface area contributed by atoms with Crippen LogP contribution in [0.15, 0.2) is 0 Å². The van der Waals surface area contributed by atoms with Gasteiger partial charge in [-0.15, -0.1) is 0 Å². The van der Waals surface area contributed by atoms with Crippen LogP contribution in [0.3, 0.4) is 0 Å². The normalized spacial score (nSPS) is 42.2. The molecule has 1 N–H and O–H groups in total. The molecule has 3 nitrogen and oxygen atoms in total. The molecule has 4 saturated carbocycles. The lowest BCUT2D eigenvalue weighted by molar-refractivity contribution is -0.125. The van der Waals surface area contributed by atoms with Gasteiger partial charge in [0.15, 0.2) is 0 Å². The summed E-state index contributed by atoms with van der Waals surface area (Å²) in [5, 5.41) is 3.28. The first-order chi connectivity index (χ1) is 9.72. The van der Waals surface area contributed by atoms with E-state index in [0.717, 1.165) is 43.9 Å². The van der Waals surface area contributed by atoms with Crippen LogP contribution in [0, 0.1) is 35.0 Å². The summed E-state index contributed by atoms with van der Waals surface area (Å²) < 4.78 is 0. The van der Waals surface area contributed by atoms with Crippen LogP contribution >= 0.6 is 0 Å². The lowest BCUT2D eigenvalue weighted by Crippen LogP contribution is -2.47. The first-order valence-electron chi connectivity index (χ1n) is 8.25. The Morgan fingerprint density at radius 2 is 1.55 bits per heavy atom. The van der Waals surface area contributed by atoms with Crippen LogP contribution in [0.2, 0.25) is 0 Å². The molecule has 3 heteroatoms. The standard InChI is InChI=1S/C17H24N2O/c20-16(19-5-3-18-4-6-19)1-2-17-10-13-7-14(11-17)9-15(8-13)12-17/h13-15,18H,3-12H2. The summed E-state index contributed by atoms with van der Waals surface area (Å²) >= 11 is 0. The molecule has 108 valence electrons. The zero-order valence-corrected chi connectivity index (χ0v) is 12.2. The molecular weight excluding hydrogens is 248 g/mol. The van der Waals surface area contributed by atoms with Gasteiger partial charge in [-0.1, -0.05) is 5.92 Å². The van der Waals surface area contributed by atoms with Crippen molar-refractivity contribution in [1.29, 1.82) is 0 Å². The van der Waals surface area contributed by atoms with Gasteiger partial charge in [0, 0.05) is 31.6 Å². The highest BCUT2D eigenvalue weighted by Gasteiger charge is 2.50. The van der Waals surface area contributed by atoms with Gasteiger partial charge in [-0.3, -0.25) is 4.79 Å². The van der Waals surface area contributed by atoms with Crippen molar-refractivity contribution in [1.82, 2.24) is 10.2 Å². The van der Waals surface area contributed by atoms with E-state index in [-0.39, 0.29) is 11.3 Å². The minimum Gasteiger partial charge on any atom is -0.329 e. The van der Waals surface area contributed by atoms with Gasteiger partial charge in [0.1, 0.15) is 0 Å². The number of hydrogen-bond acceptors (Lipinski definition) is 2. The van der Waals surface area contributed by atoms with E-state index in [2.05, 4.69) is 17.2 Å². The van der Waals surface area contributed by atoms with Gasteiger partial charge in [0.05, 0.1) is 0 Å². The van der Waals surface area contributed by atoms with E-state index in [1.807, 2.05) is 4.90 Å². The maximum Gasteiger partial charge on any atom is 0.298 e. The highest BCUT2D eigenvalue weighted by molar-refractivity contribution is 5.93. The molecule has 0 atom stereocenters. The van der Waals surface area contributed by atoms with Gasteiger partial charge < -0.3 is 10.2 Å². The van der Waals surface area contributed by atoms with Crippen LogP contribution < -0.4 is 5.32 Å². The maximum absolute atomic E-state index is 12.2. The van der Waals surface area contributed by atoms with Crippen LogP contribution in [0.1, 0.15) is 38.5 Å². The van der Waals surface area contributed by atoms with Gasteiger partial charge in [-0.05, 0) is 62.2 Å². The first-order valence-corrected chi connectivity index (χ1v) is 8.25. The van der Waals surface area contributed by atoms with E-state index in [1.165, 1.54) is 38.5 Å². The fraction of sp³-hybridized carbons (Fsp3) is 0.824. The number of rotatable bonds is 0. The molecule has 1 aliphatic heterocycles. The minimum absolute atomic E-state index is 0.0576. The molecule has 5 aliphatic rings. The molecule has 4 bridgehead atoms. The Bertz CT molecular complexity index is 432. The Morgan fingerprint density at radius 3 is 2.10 bits per heavy atom. The van der Waals surface area contributed by atoms with Crippen molar-refractivity contribution >= 4 is 5.91 Å². The van der Waals surface area contributed by atoms with Crippen LogP contribution in [-0.2, 0) is 4.79 Å². The number of hydrogen-bond donors (Lipinski definition) is 1. The monoisotopic (exact) mass is 272 g/mol. The quantitative estimate of drug-likeness (QED) is 0.680. The van der Waals surface area contributed by atoms with E-state index in [1.54, 1.807) is 0 Å². The lowest BCUT2D eigenvalue weighted by atomic mass is 9.50. The first kappa shape index (κ1) is 12.7. The second-order valence-electron chi connectivity index (χ2n) is 7.49. The average molecular weight is 272 g/mol. The SMILES string of the molecule is O=C(C#CC12CC3CC(CC(C3)C1)C2)N1CCNCC1. The van der Waals surface area contributed by atoms with Crippen LogP contribution in [0.5, 0.6) is 0 Å². The fourth-order valence-corrected chi connectivity index (χ4v) is 5.40. The van der Waals surface area contributed by atoms with Crippen molar-refractivity contribution in [2.75, 3.05) is 26.2 Å². The molecule has 5 rings (SSSR count). The summed E-state index contributed by atoms with van der Waals surface area (Å²) in [6.45, 7) is 3.44. The smallest absolute Gasteiger partial charge is 0.298 e. The Kier molecular flexibility index (Phi) is 3.03. The van der Waals surface area contributed by atoms with E-state index in [4.69, 9.17) is 0 Å². The molecule has 5 fully saturated rings. The van der Waals surface area contributed by atoms with E-state index < -0.39 is 0 Å². The van der Waals surface area contributed by atoms with Crippen molar-refractivity contribution in [2.24, 2.45) is 23.2 Å². The second-order valence-corrected chi connectivity index (χ2v) is 7.49. The Labute approximate surface area is 121 Å². The predicted molar refractivity (Wildman–Crippen MR) is 77.8 cm³/mol. The van der Waals surface area contributed by atoms with Crippen molar-refractivity contribution in [3.63, 3.8) is 0 Å². The molecule has 0 unspecified atom stereocenters. The molecule has 1 amide bonds. The molecule has 20 heavy (non-hydrogen) atoms. The van der Waals surface area contributed by atoms with E-state index in [0.29, 0.717) is 0 Å². The Hall–Kier alpha value is -1.01. The van der Waals surface area contributed by atoms with Crippen LogP contribution in [0.25, 0.3) is 0 Å². The van der Waals surface area contributed by atoms with Crippen molar-refractivity contribution in [3.8, 4) is 11.8 Å². The zero-order chi connectivity index (χ0) is 13.6. The van der Waals surface area contributed by atoms with Gasteiger partial charge in [-0.25, -0.2) is 0 Å². The molecule has 0 spiro atoms. The summed E-state index contributed by atoms with van der Waals surface area (Å²) in [5.74, 6) is 9.26. The summed E-state index contributed by atoms with van der Waals surface area (Å²) in [6.07, 6.45) is 8.11. The molecule has 1 saturated heterocycles. The van der Waals surface area contributed by atoms with Gasteiger partial charge in [0.2, 0.25) is 0 Å². The predicted octanol–water partition coefficient (Wildman–Crippen LogP) is 1.64. The summed E-state index contributed by atoms with van der Waals surface area (Å²) in [5.41, 5.74) is 0.207. The molecule has 1 heterocycles. The molecule has 0 radical (unpaired) electrons. The van der Waals surface area contributed by atoms with Crippen molar-refractivity contribution in [3.05, 3.63) is 0 Å². The summed E-state index contributed by atoms with van der Waals surface area (Å²) in [6, 6.07) is 0. The third kappa shape index (κ3) is 2.24. The summed E-state index contributed by atoms with van der Waals surface area (Å²) in [4.78, 5) is 14.1. The third-order valence-corrected chi connectivity index (χ3v) is 5.88.